The fraction of sp³-hybridized carbons (Fsp3) is 0.235. The number of halogens is 1. The number of carbonyl (C=O) groups excluding carboxylic acids is 1. The zero-order valence-corrected chi connectivity index (χ0v) is 13.0. The van der Waals surface area contributed by atoms with E-state index < -0.39 is 0 Å². The lowest BCUT2D eigenvalue weighted by Gasteiger charge is -2.13. The van der Waals surface area contributed by atoms with Crippen LogP contribution in [0.15, 0.2) is 48.5 Å². The molecule has 0 aliphatic carbocycles. The van der Waals surface area contributed by atoms with Crippen molar-refractivity contribution in [3.63, 3.8) is 0 Å². The summed E-state index contributed by atoms with van der Waals surface area (Å²) >= 11 is 5.71. The van der Waals surface area contributed by atoms with Gasteiger partial charge in [0, 0.05) is 36.9 Å². The Hall–Kier alpha value is -2.00. The van der Waals surface area contributed by atoms with Gasteiger partial charge >= 0.3 is 0 Å². The Balaban J connectivity index is 2.08. The Morgan fingerprint density at radius 1 is 1.14 bits per heavy atom. The normalized spacial score (nSPS) is 10.2. The molecular weight excluding hydrogens is 284 g/mol. The van der Waals surface area contributed by atoms with Gasteiger partial charge in [-0.15, -0.1) is 11.6 Å². The summed E-state index contributed by atoms with van der Waals surface area (Å²) in [6.07, 6.45) is 0.834. The first kappa shape index (κ1) is 15.4. The molecular formula is C17H19ClN2O. The second-order valence-electron chi connectivity index (χ2n) is 5.03. The second kappa shape index (κ2) is 7.14. The average molecular weight is 303 g/mol. The summed E-state index contributed by atoms with van der Waals surface area (Å²) in [6.45, 7) is 0. The highest BCUT2D eigenvalue weighted by molar-refractivity contribution is 6.18. The number of alkyl halides is 1. The third-order valence-corrected chi connectivity index (χ3v) is 3.41. The van der Waals surface area contributed by atoms with Gasteiger partial charge in [-0.1, -0.05) is 18.2 Å². The van der Waals surface area contributed by atoms with Gasteiger partial charge in [0.15, 0.2) is 0 Å². The van der Waals surface area contributed by atoms with Crippen LogP contribution in [0.3, 0.4) is 0 Å². The summed E-state index contributed by atoms with van der Waals surface area (Å²) in [7, 11) is 3.90. The zero-order chi connectivity index (χ0) is 15.2. The number of benzene rings is 2. The zero-order valence-electron chi connectivity index (χ0n) is 12.3. The van der Waals surface area contributed by atoms with Crippen LogP contribution in [-0.4, -0.2) is 25.9 Å². The molecule has 110 valence electrons. The molecule has 1 N–H and O–H groups in total. The van der Waals surface area contributed by atoms with Crippen LogP contribution >= 0.6 is 11.6 Å². The van der Waals surface area contributed by atoms with Crippen molar-refractivity contribution in [1.82, 2.24) is 0 Å². The van der Waals surface area contributed by atoms with E-state index in [0.29, 0.717) is 11.4 Å². The number of rotatable bonds is 5. The number of anilines is 2. The smallest absolute Gasteiger partial charge is 0.255 e. The van der Waals surface area contributed by atoms with Crippen LogP contribution in [0.25, 0.3) is 0 Å². The number of carbonyl (C=O) groups is 1. The topological polar surface area (TPSA) is 32.3 Å². The van der Waals surface area contributed by atoms with Crippen LogP contribution in [0.2, 0.25) is 0 Å². The van der Waals surface area contributed by atoms with E-state index in [9.17, 15) is 4.79 Å². The van der Waals surface area contributed by atoms with Gasteiger partial charge in [0.2, 0.25) is 0 Å². The van der Waals surface area contributed by atoms with Gasteiger partial charge in [0.1, 0.15) is 0 Å². The number of hydrogen-bond donors (Lipinski definition) is 1. The first-order valence-corrected chi connectivity index (χ1v) is 7.37. The van der Waals surface area contributed by atoms with Gasteiger partial charge in [-0.2, -0.15) is 0 Å². The monoisotopic (exact) mass is 302 g/mol. The van der Waals surface area contributed by atoms with E-state index in [-0.39, 0.29) is 5.91 Å². The molecule has 0 spiro atoms. The fourth-order valence-corrected chi connectivity index (χ4v) is 2.21. The quantitative estimate of drug-likeness (QED) is 0.852. The highest BCUT2D eigenvalue weighted by atomic mass is 35.5. The lowest BCUT2D eigenvalue weighted by molar-refractivity contribution is 0.102. The first-order valence-electron chi connectivity index (χ1n) is 6.84. The minimum Gasteiger partial charge on any atom is -0.378 e. The molecule has 2 aromatic carbocycles. The van der Waals surface area contributed by atoms with Gasteiger partial charge in [-0.05, 0) is 42.3 Å². The van der Waals surface area contributed by atoms with Crippen molar-refractivity contribution in [2.24, 2.45) is 0 Å². The first-order chi connectivity index (χ1) is 10.1. The summed E-state index contributed by atoms with van der Waals surface area (Å²) in [4.78, 5) is 14.2. The molecule has 0 atom stereocenters. The Morgan fingerprint density at radius 2 is 1.86 bits per heavy atom. The third kappa shape index (κ3) is 4.23. The summed E-state index contributed by atoms with van der Waals surface area (Å²) < 4.78 is 0. The highest BCUT2D eigenvalue weighted by Gasteiger charge is 2.07. The van der Waals surface area contributed by atoms with Crippen molar-refractivity contribution in [3.8, 4) is 0 Å². The maximum absolute atomic E-state index is 12.2. The van der Waals surface area contributed by atoms with E-state index in [2.05, 4.69) is 5.32 Å². The van der Waals surface area contributed by atoms with Crippen LogP contribution in [0.4, 0.5) is 11.4 Å². The van der Waals surface area contributed by atoms with E-state index in [1.54, 1.807) is 0 Å². The van der Waals surface area contributed by atoms with E-state index in [4.69, 9.17) is 11.6 Å². The molecule has 0 aliphatic heterocycles. The van der Waals surface area contributed by atoms with Crippen molar-refractivity contribution < 1.29 is 4.79 Å². The Labute approximate surface area is 130 Å². The van der Waals surface area contributed by atoms with E-state index in [1.165, 1.54) is 0 Å². The third-order valence-electron chi connectivity index (χ3n) is 3.22. The molecule has 21 heavy (non-hydrogen) atoms. The molecule has 0 bridgehead atoms. The number of aryl methyl sites for hydroxylation is 1. The van der Waals surface area contributed by atoms with E-state index in [1.807, 2.05) is 67.5 Å². The second-order valence-corrected chi connectivity index (χ2v) is 5.41. The van der Waals surface area contributed by atoms with Crippen molar-refractivity contribution in [2.45, 2.75) is 6.42 Å². The summed E-state index contributed by atoms with van der Waals surface area (Å²) in [6, 6.07) is 15.3. The van der Waals surface area contributed by atoms with Crippen LogP contribution in [0.5, 0.6) is 0 Å². The van der Waals surface area contributed by atoms with Crippen molar-refractivity contribution in [3.05, 3.63) is 59.7 Å². The number of nitrogens with one attached hydrogen (secondary N) is 1. The SMILES string of the molecule is CN(C)c1cccc(C(=O)Nc2ccc(CCCl)cc2)c1. The lowest BCUT2D eigenvalue weighted by atomic mass is 10.1. The molecule has 0 aromatic heterocycles. The molecule has 3 nitrogen and oxygen atoms in total. The molecule has 2 aromatic rings. The van der Waals surface area contributed by atoms with Gasteiger partial charge in [0.25, 0.3) is 5.91 Å². The van der Waals surface area contributed by atoms with E-state index >= 15 is 0 Å². The molecule has 0 saturated carbocycles. The van der Waals surface area contributed by atoms with Crippen LogP contribution in [-0.2, 0) is 6.42 Å². The Morgan fingerprint density at radius 3 is 2.48 bits per heavy atom. The number of amides is 1. The fourth-order valence-electron chi connectivity index (χ4n) is 1.99. The van der Waals surface area contributed by atoms with Crippen molar-refractivity contribution in [2.75, 3.05) is 30.2 Å². The molecule has 0 aliphatic rings. The van der Waals surface area contributed by atoms with Gasteiger partial charge in [0.05, 0.1) is 0 Å². The standard InChI is InChI=1S/C17H19ClN2O/c1-20(2)16-5-3-4-14(12-16)17(21)19-15-8-6-13(7-9-15)10-11-18/h3-9,12H,10-11H2,1-2H3,(H,19,21). The van der Waals surface area contributed by atoms with Crippen LogP contribution in [0.1, 0.15) is 15.9 Å². The molecule has 0 heterocycles. The van der Waals surface area contributed by atoms with Gasteiger partial charge in [-0.25, -0.2) is 0 Å². The van der Waals surface area contributed by atoms with E-state index in [0.717, 1.165) is 23.4 Å². The molecule has 0 fully saturated rings. The van der Waals surface area contributed by atoms with Gasteiger partial charge < -0.3 is 10.2 Å². The maximum Gasteiger partial charge on any atom is 0.255 e. The lowest BCUT2D eigenvalue weighted by Crippen LogP contribution is -2.14. The Bertz CT molecular complexity index is 608. The summed E-state index contributed by atoms with van der Waals surface area (Å²) in [5.74, 6) is 0.493. The molecule has 0 unspecified atom stereocenters. The summed E-state index contributed by atoms with van der Waals surface area (Å²) in [5, 5.41) is 2.90. The average Bonchev–Trinajstić information content (AvgIpc) is 2.49. The van der Waals surface area contributed by atoms with Crippen molar-refractivity contribution >= 4 is 28.9 Å². The molecule has 1 amide bonds. The predicted molar refractivity (Wildman–Crippen MR) is 89.6 cm³/mol. The summed E-state index contributed by atoms with van der Waals surface area (Å²) in [5.41, 5.74) is 3.59. The highest BCUT2D eigenvalue weighted by Crippen LogP contribution is 2.16. The predicted octanol–water partition coefficient (Wildman–Crippen LogP) is 3.79. The molecule has 0 radical (unpaired) electrons. The maximum atomic E-state index is 12.2. The molecule has 2 rings (SSSR count). The number of nitrogens with zero attached hydrogens (tertiary/aromatic N) is 1. The van der Waals surface area contributed by atoms with Crippen LogP contribution < -0.4 is 10.2 Å². The molecule has 4 heteroatoms. The number of hydrogen-bond acceptors (Lipinski definition) is 2. The largest absolute Gasteiger partial charge is 0.378 e. The van der Waals surface area contributed by atoms with Crippen LogP contribution in [0, 0.1) is 0 Å². The molecule has 0 saturated heterocycles. The minimum absolute atomic E-state index is 0.108. The Kier molecular flexibility index (Phi) is 5.23. The van der Waals surface area contributed by atoms with Gasteiger partial charge in [-0.3, -0.25) is 4.79 Å². The minimum atomic E-state index is -0.108. The van der Waals surface area contributed by atoms with Crippen molar-refractivity contribution in [1.29, 1.82) is 0 Å².